The second-order valence-corrected chi connectivity index (χ2v) is 8.93. The number of aliphatic hydroxyl groups is 1. The molecule has 166 valence electrons. The molecule has 7 nitrogen and oxygen atoms in total. The predicted molar refractivity (Wildman–Crippen MR) is 122 cm³/mol. The van der Waals surface area contributed by atoms with Crippen molar-refractivity contribution in [3.63, 3.8) is 0 Å². The van der Waals surface area contributed by atoms with Gasteiger partial charge in [-0.25, -0.2) is 13.9 Å². The molecule has 4 rings (SSSR count). The van der Waals surface area contributed by atoms with Crippen LogP contribution in [-0.4, -0.2) is 36.6 Å². The molecule has 1 unspecified atom stereocenters. The third-order valence-electron chi connectivity index (χ3n) is 4.65. The summed E-state index contributed by atoms with van der Waals surface area (Å²) >= 11 is 5.19. The molecular weight excluding hydrogens is 455 g/mol. The van der Waals surface area contributed by atoms with Crippen molar-refractivity contribution in [1.82, 2.24) is 14.6 Å². The van der Waals surface area contributed by atoms with Crippen molar-refractivity contribution in [1.29, 1.82) is 0 Å². The van der Waals surface area contributed by atoms with E-state index in [0.29, 0.717) is 33.4 Å². The maximum absolute atomic E-state index is 13.3. The second kappa shape index (κ2) is 10.2. The normalized spacial score (nSPS) is 12.1. The Hall–Kier alpha value is -2.85. The summed E-state index contributed by atoms with van der Waals surface area (Å²) in [5, 5.41) is 16.8. The van der Waals surface area contributed by atoms with Gasteiger partial charge in [-0.05, 0) is 53.1 Å². The van der Waals surface area contributed by atoms with Crippen molar-refractivity contribution < 1.29 is 18.8 Å². The zero-order chi connectivity index (χ0) is 22.5. The van der Waals surface area contributed by atoms with Crippen LogP contribution in [0.3, 0.4) is 0 Å². The summed E-state index contributed by atoms with van der Waals surface area (Å²) in [4.78, 5) is 4.32. The largest absolute Gasteiger partial charge is 0.616 e. The highest BCUT2D eigenvalue weighted by Crippen LogP contribution is 2.31. The Morgan fingerprint density at radius 2 is 2.09 bits per heavy atom. The van der Waals surface area contributed by atoms with Crippen LogP contribution in [0, 0.1) is 5.82 Å². The van der Waals surface area contributed by atoms with Gasteiger partial charge in [-0.3, -0.25) is 0 Å². The number of hydrogen-bond donors (Lipinski definition) is 2. The lowest BCUT2D eigenvalue weighted by Crippen LogP contribution is -2.12. The summed E-state index contributed by atoms with van der Waals surface area (Å²) in [6.07, 6.45) is 3.19. The Balaban J connectivity index is 1.51. The Morgan fingerprint density at radius 1 is 1.22 bits per heavy atom. The van der Waals surface area contributed by atoms with Gasteiger partial charge < -0.3 is 19.7 Å². The Labute approximate surface area is 192 Å². The van der Waals surface area contributed by atoms with E-state index in [2.05, 4.69) is 15.4 Å². The molecule has 1 atom stereocenters. The van der Waals surface area contributed by atoms with Gasteiger partial charge in [0.05, 0.1) is 11.6 Å². The van der Waals surface area contributed by atoms with Crippen molar-refractivity contribution >= 4 is 39.8 Å². The lowest BCUT2D eigenvalue weighted by atomic mass is 10.2. The van der Waals surface area contributed by atoms with Gasteiger partial charge in [0.1, 0.15) is 41.5 Å². The topological polar surface area (TPSA) is 94.7 Å². The number of anilines is 2. The highest BCUT2D eigenvalue weighted by Gasteiger charge is 2.16. The first-order valence-corrected chi connectivity index (χ1v) is 11.6. The van der Waals surface area contributed by atoms with Gasteiger partial charge in [0.2, 0.25) is 0 Å². The molecule has 2 aromatic carbocycles. The molecule has 0 radical (unpaired) electrons. The molecule has 4 aromatic rings. The van der Waals surface area contributed by atoms with E-state index in [9.17, 15) is 8.94 Å². The quantitative estimate of drug-likeness (QED) is 0.355. The van der Waals surface area contributed by atoms with Crippen molar-refractivity contribution in [3.8, 4) is 5.75 Å². The lowest BCUT2D eigenvalue weighted by molar-refractivity contribution is 0.306. The average Bonchev–Trinajstić information content (AvgIpc) is 3.17. The van der Waals surface area contributed by atoms with E-state index in [1.807, 2.05) is 6.07 Å². The molecule has 0 saturated heterocycles. The average molecular weight is 475 g/mol. The number of halogens is 2. The fourth-order valence-electron chi connectivity index (χ4n) is 3.19. The minimum atomic E-state index is -1.19. The Bertz CT molecular complexity index is 1220. The maximum Gasteiger partial charge on any atom is 0.158 e. The smallest absolute Gasteiger partial charge is 0.158 e. The minimum Gasteiger partial charge on any atom is -0.616 e. The first-order chi connectivity index (χ1) is 15.5. The highest BCUT2D eigenvalue weighted by atomic mass is 35.5. The fourth-order valence-corrected chi connectivity index (χ4v) is 4.36. The number of fused-ring (bicyclic) bond motifs is 1. The van der Waals surface area contributed by atoms with E-state index in [4.69, 9.17) is 21.4 Å². The van der Waals surface area contributed by atoms with Crippen LogP contribution in [0.2, 0.25) is 5.02 Å². The van der Waals surface area contributed by atoms with E-state index >= 15 is 0 Å². The molecule has 0 bridgehead atoms. The SMILES string of the molecule is [O-][S+](CCO)Cc1ccn2ncnc(Nc3ccc(OCc4cccc(F)c4)c(Cl)c3)c12. The zero-order valence-corrected chi connectivity index (χ0v) is 18.4. The number of hydrogen-bond acceptors (Lipinski definition) is 6. The Kier molecular flexibility index (Phi) is 7.11. The van der Waals surface area contributed by atoms with Crippen molar-refractivity contribution in [2.24, 2.45) is 0 Å². The van der Waals surface area contributed by atoms with Gasteiger partial charge in [0, 0.05) is 17.4 Å². The summed E-state index contributed by atoms with van der Waals surface area (Å²) in [5.74, 6) is 1.17. The third-order valence-corrected chi connectivity index (χ3v) is 6.22. The Morgan fingerprint density at radius 3 is 2.88 bits per heavy atom. The second-order valence-electron chi connectivity index (χ2n) is 6.94. The van der Waals surface area contributed by atoms with E-state index in [1.165, 1.54) is 18.5 Å². The molecule has 0 saturated carbocycles. The number of benzene rings is 2. The van der Waals surface area contributed by atoms with E-state index in [-0.39, 0.29) is 30.5 Å². The number of ether oxygens (including phenoxy) is 1. The molecule has 10 heteroatoms. The third kappa shape index (κ3) is 5.31. The van der Waals surface area contributed by atoms with Crippen LogP contribution in [0.4, 0.5) is 15.9 Å². The first-order valence-electron chi connectivity index (χ1n) is 9.74. The number of nitrogens with zero attached hydrogens (tertiary/aromatic N) is 3. The molecule has 0 spiro atoms. The molecule has 0 aliphatic carbocycles. The van der Waals surface area contributed by atoms with E-state index in [1.54, 1.807) is 41.0 Å². The molecule has 2 heterocycles. The number of nitrogens with one attached hydrogen (secondary N) is 1. The fraction of sp³-hybridized carbons (Fsp3) is 0.182. The maximum atomic E-state index is 13.3. The lowest BCUT2D eigenvalue weighted by Gasteiger charge is -2.13. The van der Waals surface area contributed by atoms with Gasteiger partial charge >= 0.3 is 0 Å². The molecule has 0 aliphatic rings. The highest BCUT2D eigenvalue weighted by molar-refractivity contribution is 7.90. The van der Waals surface area contributed by atoms with Gasteiger partial charge in [-0.2, -0.15) is 5.10 Å². The van der Waals surface area contributed by atoms with Crippen LogP contribution in [0.25, 0.3) is 5.52 Å². The number of aromatic nitrogens is 3. The summed E-state index contributed by atoms with van der Waals surface area (Å²) in [6.45, 7) is 0.0570. The summed E-state index contributed by atoms with van der Waals surface area (Å²) < 4.78 is 32.8. The first kappa shape index (κ1) is 22.3. The van der Waals surface area contributed by atoms with Crippen molar-refractivity contribution in [2.75, 3.05) is 17.7 Å². The molecule has 0 amide bonds. The van der Waals surface area contributed by atoms with Crippen LogP contribution in [0.1, 0.15) is 11.1 Å². The van der Waals surface area contributed by atoms with E-state index in [0.717, 1.165) is 5.56 Å². The summed E-state index contributed by atoms with van der Waals surface area (Å²) in [6, 6.07) is 13.2. The number of aliphatic hydroxyl groups excluding tert-OH is 1. The molecule has 2 aromatic heterocycles. The van der Waals surface area contributed by atoms with Crippen molar-refractivity contribution in [3.05, 3.63) is 83.0 Å². The van der Waals surface area contributed by atoms with Crippen LogP contribution >= 0.6 is 11.6 Å². The monoisotopic (exact) mass is 474 g/mol. The van der Waals surface area contributed by atoms with Crippen LogP contribution in [-0.2, 0) is 23.5 Å². The van der Waals surface area contributed by atoms with E-state index < -0.39 is 11.2 Å². The zero-order valence-electron chi connectivity index (χ0n) is 16.9. The molecule has 0 fully saturated rings. The molecule has 32 heavy (non-hydrogen) atoms. The van der Waals surface area contributed by atoms with Gasteiger partial charge in [-0.1, -0.05) is 23.7 Å². The predicted octanol–water partition coefficient (Wildman–Crippen LogP) is 4.09. The van der Waals surface area contributed by atoms with Gasteiger partial charge in [0.15, 0.2) is 5.82 Å². The standard InChI is InChI=1S/C22H20ClFN4O3S/c23-19-11-18(4-5-20(19)31-12-15-2-1-3-17(24)10-15)27-22-21-16(13-32(30)9-8-29)6-7-28(21)26-14-25-22/h1-7,10-11,14,29H,8-9,12-13H2,(H,25,26,27). The molecule has 0 aliphatic heterocycles. The molecule has 2 N–H and O–H groups in total. The van der Waals surface area contributed by atoms with Gasteiger partial charge in [0.25, 0.3) is 0 Å². The van der Waals surface area contributed by atoms with Crippen LogP contribution in [0.15, 0.2) is 61.1 Å². The van der Waals surface area contributed by atoms with Gasteiger partial charge in [-0.15, -0.1) is 0 Å². The summed E-state index contributed by atoms with van der Waals surface area (Å²) in [5.41, 5.74) is 2.88. The molecular formula is C22H20ClFN4O3S. The van der Waals surface area contributed by atoms with Crippen molar-refractivity contribution in [2.45, 2.75) is 12.4 Å². The minimum absolute atomic E-state index is 0.133. The number of rotatable bonds is 9. The summed E-state index contributed by atoms with van der Waals surface area (Å²) in [7, 11) is 0. The van der Waals surface area contributed by atoms with Crippen LogP contribution in [0.5, 0.6) is 5.75 Å². The van der Waals surface area contributed by atoms with Crippen LogP contribution < -0.4 is 10.1 Å².